The van der Waals surface area contributed by atoms with Crippen molar-refractivity contribution in [3.05, 3.63) is 0 Å². The topological polar surface area (TPSA) is 50.4 Å². The van der Waals surface area contributed by atoms with Gasteiger partial charge < -0.3 is 15.4 Å². The van der Waals surface area contributed by atoms with E-state index in [4.69, 9.17) is 0 Å². The van der Waals surface area contributed by atoms with Gasteiger partial charge in [0, 0.05) is 0 Å². The third-order valence-electron chi connectivity index (χ3n) is 1.28. The van der Waals surface area contributed by atoms with Crippen molar-refractivity contribution in [2.24, 2.45) is 0 Å². The Balaban J connectivity index is 2.95. The summed E-state index contributed by atoms with van der Waals surface area (Å²) in [6, 6.07) is 0. The molecule has 4 heteroatoms. The van der Waals surface area contributed by atoms with Crippen molar-refractivity contribution >= 4 is 5.97 Å². The van der Waals surface area contributed by atoms with E-state index in [0.717, 1.165) is 19.5 Å². The van der Waals surface area contributed by atoms with Gasteiger partial charge in [0.25, 0.3) is 0 Å². The van der Waals surface area contributed by atoms with Crippen LogP contribution in [0.15, 0.2) is 0 Å². The smallest absolute Gasteiger partial charge is 0.319 e. The van der Waals surface area contributed by atoms with Crippen molar-refractivity contribution in [2.75, 3.05) is 33.8 Å². The Labute approximate surface area is 67.3 Å². The number of esters is 1. The number of nitrogens with one attached hydrogen (secondary N) is 2. The molecule has 0 rings (SSSR count). The van der Waals surface area contributed by atoms with E-state index < -0.39 is 0 Å². The first kappa shape index (κ1) is 10.4. The molecule has 0 spiro atoms. The fraction of sp³-hybridized carbons (Fsp3) is 0.857. The van der Waals surface area contributed by atoms with E-state index >= 15 is 0 Å². The lowest BCUT2D eigenvalue weighted by Gasteiger charge is -2.01. The van der Waals surface area contributed by atoms with Gasteiger partial charge in [-0.3, -0.25) is 4.79 Å². The van der Waals surface area contributed by atoms with Gasteiger partial charge in [-0.15, -0.1) is 0 Å². The molecule has 0 aromatic rings. The molecule has 0 aliphatic heterocycles. The summed E-state index contributed by atoms with van der Waals surface area (Å²) < 4.78 is 4.44. The number of rotatable bonds is 6. The standard InChI is InChI=1S/C7H16N2O2/c1-8-4-3-5-9-6-7(10)11-2/h8-9H,3-6H2,1-2H3. The van der Waals surface area contributed by atoms with Gasteiger partial charge in [-0.05, 0) is 26.6 Å². The normalized spacial score (nSPS) is 9.64. The second-order valence-corrected chi connectivity index (χ2v) is 2.21. The molecule has 0 aromatic heterocycles. The van der Waals surface area contributed by atoms with E-state index in [2.05, 4.69) is 15.4 Å². The van der Waals surface area contributed by atoms with Crippen molar-refractivity contribution in [1.29, 1.82) is 0 Å². The lowest BCUT2D eigenvalue weighted by atomic mass is 10.4. The highest BCUT2D eigenvalue weighted by atomic mass is 16.5. The fourth-order valence-electron chi connectivity index (χ4n) is 0.653. The predicted molar refractivity (Wildman–Crippen MR) is 43.4 cm³/mol. The molecule has 66 valence electrons. The molecular weight excluding hydrogens is 144 g/mol. The van der Waals surface area contributed by atoms with Crippen molar-refractivity contribution in [2.45, 2.75) is 6.42 Å². The Morgan fingerprint density at radius 1 is 1.45 bits per heavy atom. The summed E-state index contributed by atoms with van der Waals surface area (Å²) in [5.74, 6) is -0.213. The number of ether oxygens (including phenoxy) is 1. The molecule has 0 aromatic carbocycles. The highest BCUT2D eigenvalue weighted by Crippen LogP contribution is 1.73. The fourth-order valence-corrected chi connectivity index (χ4v) is 0.653. The quantitative estimate of drug-likeness (QED) is 0.401. The third kappa shape index (κ3) is 7.29. The molecule has 0 saturated heterocycles. The Bertz CT molecular complexity index is 107. The van der Waals surface area contributed by atoms with Gasteiger partial charge in [-0.25, -0.2) is 0 Å². The van der Waals surface area contributed by atoms with Gasteiger partial charge in [0.1, 0.15) is 0 Å². The lowest BCUT2D eigenvalue weighted by molar-refractivity contribution is -0.139. The molecule has 0 atom stereocenters. The Kier molecular flexibility index (Phi) is 7.08. The van der Waals surface area contributed by atoms with Crippen LogP contribution in [0.25, 0.3) is 0 Å². The van der Waals surface area contributed by atoms with Crippen molar-refractivity contribution in [1.82, 2.24) is 10.6 Å². The minimum absolute atomic E-state index is 0.213. The summed E-state index contributed by atoms with van der Waals surface area (Å²) in [4.78, 5) is 10.5. The van der Waals surface area contributed by atoms with E-state index in [1.54, 1.807) is 0 Å². The summed E-state index contributed by atoms with van der Waals surface area (Å²) in [6.07, 6.45) is 1.02. The summed E-state index contributed by atoms with van der Waals surface area (Å²) in [7, 11) is 3.29. The molecule has 2 N–H and O–H groups in total. The summed E-state index contributed by atoms with van der Waals surface area (Å²) in [5.41, 5.74) is 0. The molecule has 0 amide bonds. The Morgan fingerprint density at radius 3 is 2.73 bits per heavy atom. The molecule has 0 heterocycles. The summed E-state index contributed by atoms with van der Waals surface area (Å²) in [6.45, 7) is 2.12. The summed E-state index contributed by atoms with van der Waals surface area (Å²) in [5, 5.41) is 5.97. The van der Waals surface area contributed by atoms with Crippen LogP contribution in [-0.2, 0) is 9.53 Å². The highest BCUT2D eigenvalue weighted by molar-refractivity contribution is 5.71. The van der Waals surface area contributed by atoms with Crippen LogP contribution in [-0.4, -0.2) is 39.8 Å². The molecule has 0 unspecified atom stereocenters. The lowest BCUT2D eigenvalue weighted by Crippen LogP contribution is -2.26. The van der Waals surface area contributed by atoms with Crippen LogP contribution in [0.1, 0.15) is 6.42 Å². The van der Waals surface area contributed by atoms with E-state index in [0.29, 0.717) is 6.54 Å². The van der Waals surface area contributed by atoms with Crippen LogP contribution in [0.2, 0.25) is 0 Å². The van der Waals surface area contributed by atoms with Crippen LogP contribution in [0.5, 0.6) is 0 Å². The minimum atomic E-state index is -0.213. The zero-order valence-corrected chi connectivity index (χ0v) is 7.14. The number of carbonyl (C=O) groups excluding carboxylic acids is 1. The van der Waals surface area contributed by atoms with Gasteiger partial charge >= 0.3 is 5.97 Å². The van der Waals surface area contributed by atoms with Gasteiger partial charge in [-0.1, -0.05) is 0 Å². The number of hydrogen-bond acceptors (Lipinski definition) is 4. The maximum Gasteiger partial charge on any atom is 0.319 e. The van der Waals surface area contributed by atoms with Crippen LogP contribution >= 0.6 is 0 Å². The third-order valence-corrected chi connectivity index (χ3v) is 1.28. The van der Waals surface area contributed by atoms with Gasteiger partial charge in [0.15, 0.2) is 0 Å². The molecule has 0 aliphatic rings. The monoisotopic (exact) mass is 160 g/mol. The van der Waals surface area contributed by atoms with Crippen LogP contribution in [0.3, 0.4) is 0 Å². The summed E-state index contributed by atoms with van der Waals surface area (Å²) >= 11 is 0. The van der Waals surface area contributed by atoms with Crippen LogP contribution in [0, 0.1) is 0 Å². The maximum atomic E-state index is 10.5. The molecule has 0 fully saturated rings. The van der Waals surface area contributed by atoms with E-state index in [1.807, 2.05) is 7.05 Å². The first-order chi connectivity index (χ1) is 5.31. The maximum absolute atomic E-state index is 10.5. The van der Waals surface area contributed by atoms with E-state index in [9.17, 15) is 4.79 Å². The number of carbonyl (C=O) groups is 1. The van der Waals surface area contributed by atoms with Gasteiger partial charge in [-0.2, -0.15) is 0 Å². The second kappa shape index (κ2) is 7.50. The second-order valence-electron chi connectivity index (χ2n) is 2.21. The highest BCUT2D eigenvalue weighted by Gasteiger charge is 1.96. The molecular formula is C7H16N2O2. The SMILES string of the molecule is CNCCCNCC(=O)OC. The first-order valence-corrected chi connectivity index (χ1v) is 3.73. The number of methoxy groups -OCH3 is 1. The Hall–Kier alpha value is -0.610. The zero-order valence-electron chi connectivity index (χ0n) is 7.14. The predicted octanol–water partition coefficient (Wildman–Crippen LogP) is -0.641. The van der Waals surface area contributed by atoms with Crippen molar-refractivity contribution in [3.63, 3.8) is 0 Å². The molecule has 4 nitrogen and oxygen atoms in total. The molecule has 0 aliphatic carbocycles. The van der Waals surface area contributed by atoms with Gasteiger partial charge in [0.2, 0.25) is 0 Å². The molecule has 0 bridgehead atoms. The van der Waals surface area contributed by atoms with Crippen LogP contribution < -0.4 is 10.6 Å². The van der Waals surface area contributed by atoms with Crippen molar-refractivity contribution < 1.29 is 9.53 Å². The van der Waals surface area contributed by atoms with Gasteiger partial charge in [0.05, 0.1) is 13.7 Å². The number of hydrogen-bond donors (Lipinski definition) is 2. The zero-order chi connectivity index (χ0) is 8.53. The molecule has 0 radical (unpaired) electrons. The average molecular weight is 160 g/mol. The van der Waals surface area contributed by atoms with E-state index in [-0.39, 0.29) is 5.97 Å². The molecule has 11 heavy (non-hydrogen) atoms. The van der Waals surface area contributed by atoms with E-state index in [1.165, 1.54) is 7.11 Å². The average Bonchev–Trinajstić information content (AvgIpc) is 2.04. The molecule has 0 saturated carbocycles. The largest absolute Gasteiger partial charge is 0.468 e. The van der Waals surface area contributed by atoms with Crippen LogP contribution in [0.4, 0.5) is 0 Å². The Morgan fingerprint density at radius 2 is 2.18 bits per heavy atom. The first-order valence-electron chi connectivity index (χ1n) is 3.73. The van der Waals surface area contributed by atoms with Crippen molar-refractivity contribution in [3.8, 4) is 0 Å². The minimum Gasteiger partial charge on any atom is -0.468 e.